The van der Waals surface area contributed by atoms with Crippen molar-refractivity contribution in [3.05, 3.63) is 84.1 Å². The van der Waals surface area contributed by atoms with Gasteiger partial charge in [0.2, 0.25) is 5.78 Å². The molecule has 5 nitrogen and oxygen atoms in total. The highest BCUT2D eigenvalue weighted by atomic mass is 16.3. The van der Waals surface area contributed by atoms with Gasteiger partial charge in [0.1, 0.15) is 19.4 Å². The molecule has 0 radical (unpaired) electrons. The van der Waals surface area contributed by atoms with Gasteiger partial charge in [-0.25, -0.2) is 9.97 Å². The standard InChI is InChI=1S/C27H21BN4O/c1-27(2)17-7-4-3-6-16(17)23-18(27)12-13-29-25(23)32-22-14-15(33)10-11-20(22)31-21-9-5-8-19(28)24(21)30-26(31)32/h3-14,33H,28H2,1-2H3. The minimum absolute atomic E-state index is 0.123. The molecule has 0 aliphatic heterocycles. The Balaban J connectivity index is 1.70. The van der Waals surface area contributed by atoms with E-state index in [1.54, 1.807) is 12.1 Å². The van der Waals surface area contributed by atoms with Gasteiger partial charge in [-0.1, -0.05) is 55.7 Å². The van der Waals surface area contributed by atoms with Gasteiger partial charge in [0.25, 0.3) is 0 Å². The lowest BCUT2D eigenvalue weighted by Crippen LogP contribution is -2.15. The third kappa shape index (κ3) is 2.23. The number of hydrogen-bond acceptors (Lipinski definition) is 3. The first kappa shape index (κ1) is 18.5. The zero-order chi connectivity index (χ0) is 22.5. The van der Waals surface area contributed by atoms with E-state index < -0.39 is 0 Å². The van der Waals surface area contributed by atoms with Gasteiger partial charge in [0, 0.05) is 23.2 Å². The van der Waals surface area contributed by atoms with Crippen LogP contribution in [0.25, 0.3) is 44.8 Å². The Kier molecular flexibility index (Phi) is 3.39. The largest absolute Gasteiger partial charge is 0.508 e. The fraction of sp³-hybridized carbons (Fsp3) is 0.111. The van der Waals surface area contributed by atoms with E-state index in [-0.39, 0.29) is 11.2 Å². The smallest absolute Gasteiger partial charge is 0.221 e. The van der Waals surface area contributed by atoms with Crippen molar-refractivity contribution in [3.63, 3.8) is 0 Å². The number of para-hydroxylation sites is 1. The summed E-state index contributed by atoms with van der Waals surface area (Å²) < 4.78 is 4.27. The average Bonchev–Trinajstić information content (AvgIpc) is 3.41. The summed E-state index contributed by atoms with van der Waals surface area (Å²) in [7, 11) is 2.09. The highest BCUT2D eigenvalue weighted by molar-refractivity contribution is 6.38. The molecule has 3 aromatic heterocycles. The lowest BCUT2D eigenvalue weighted by atomic mass is 9.83. The van der Waals surface area contributed by atoms with Crippen LogP contribution in [0.5, 0.6) is 5.75 Å². The number of pyridine rings is 1. The monoisotopic (exact) mass is 428 g/mol. The fourth-order valence-corrected chi connectivity index (χ4v) is 5.61. The third-order valence-corrected chi connectivity index (χ3v) is 7.20. The Hall–Kier alpha value is -4.06. The Bertz CT molecular complexity index is 1780. The number of imidazole rings is 2. The molecule has 0 saturated heterocycles. The second-order valence-corrected chi connectivity index (χ2v) is 9.43. The van der Waals surface area contributed by atoms with E-state index >= 15 is 0 Å². The summed E-state index contributed by atoms with van der Waals surface area (Å²) in [4.78, 5) is 9.99. The van der Waals surface area contributed by atoms with E-state index in [2.05, 4.69) is 79.2 Å². The van der Waals surface area contributed by atoms with Crippen LogP contribution in [0.1, 0.15) is 25.0 Å². The minimum Gasteiger partial charge on any atom is -0.508 e. The van der Waals surface area contributed by atoms with Crippen molar-refractivity contribution in [1.29, 1.82) is 0 Å². The first-order chi connectivity index (χ1) is 16.0. The SMILES string of the molecule is Bc1cccc2c1nc1n(-c3nccc4c3-c3ccccc3C4(C)C)c3cc(O)ccc3n21. The van der Waals surface area contributed by atoms with Crippen LogP contribution in [0.4, 0.5) is 0 Å². The van der Waals surface area contributed by atoms with Crippen LogP contribution in [0.15, 0.2) is 72.9 Å². The van der Waals surface area contributed by atoms with Gasteiger partial charge in [-0.05, 0) is 41.0 Å². The highest BCUT2D eigenvalue weighted by Gasteiger charge is 2.38. The Morgan fingerprint density at radius 1 is 0.879 bits per heavy atom. The second kappa shape index (κ2) is 6.04. The molecular formula is C27H21BN4O. The summed E-state index contributed by atoms with van der Waals surface area (Å²) in [5.41, 5.74) is 9.78. The van der Waals surface area contributed by atoms with Crippen molar-refractivity contribution in [3.8, 4) is 22.7 Å². The minimum atomic E-state index is -0.123. The predicted octanol–water partition coefficient (Wildman–Crippen LogP) is 4.10. The molecule has 1 aliphatic rings. The third-order valence-electron chi connectivity index (χ3n) is 7.20. The van der Waals surface area contributed by atoms with Crippen molar-refractivity contribution in [2.75, 3.05) is 0 Å². The van der Waals surface area contributed by atoms with Crippen molar-refractivity contribution in [2.45, 2.75) is 19.3 Å². The molecule has 0 fully saturated rings. The Labute approximate surface area is 191 Å². The molecule has 1 aliphatic carbocycles. The molecular weight excluding hydrogens is 407 g/mol. The molecule has 0 bridgehead atoms. The van der Waals surface area contributed by atoms with Gasteiger partial charge < -0.3 is 5.11 Å². The van der Waals surface area contributed by atoms with Gasteiger partial charge >= 0.3 is 0 Å². The Morgan fingerprint density at radius 2 is 1.73 bits per heavy atom. The molecule has 33 heavy (non-hydrogen) atoms. The van der Waals surface area contributed by atoms with Crippen LogP contribution < -0.4 is 5.46 Å². The van der Waals surface area contributed by atoms with Crippen LogP contribution in [0, 0.1) is 0 Å². The fourth-order valence-electron chi connectivity index (χ4n) is 5.61. The topological polar surface area (TPSA) is 55.3 Å². The molecule has 158 valence electrons. The molecule has 0 saturated carbocycles. The van der Waals surface area contributed by atoms with E-state index in [0.717, 1.165) is 44.7 Å². The maximum atomic E-state index is 10.4. The van der Waals surface area contributed by atoms with Crippen LogP contribution >= 0.6 is 0 Å². The van der Waals surface area contributed by atoms with Crippen LogP contribution in [0.3, 0.4) is 0 Å². The van der Waals surface area contributed by atoms with Gasteiger partial charge in [0.05, 0.1) is 22.1 Å². The summed E-state index contributed by atoms with van der Waals surface area (Å²) in [6.07, 6.45) is 1.89. The number of aromatic nitrogens is 4. The van der Waals surface area contributed by atoms with Crippen LogP contribution in [-0.2, 0) is 5.41 Å². The maximum absolute atomic E-state index is 10.4. The summed E-state index contributed by atoms with van der Waals surface area (Å²) in [6, 6.07) is 22.4. The zero-order valence-electron chi connectivity index (χ0n) is 18.7. The van der Waals surface area contributed by atoms with Crippen LogP contribution in [-0.4, -0.2) is 31.9 Å². The maximum Gasteiger partial charge on any atom is 0.221 e. The number of phenolic OH excluding ortho intramolecular Hbond substituents is 1. The molecule has 3 heterocycles. The number of hydrogen-bond donors (Lipinski definition) is 1. The lowest BCUT2D eigenvalue weighted by molar-refractivity contribution is 0.476. The van der Waals surface area contributed by atoms with Gasteiger partial charge in [0.15, 0.2) is 0 Å². The molecule has 0 unspecified atom stereocenters. The lowest BCUT2D eigenvalue weighted by Gasteiger charge is -2.21. The molecule has 0 atom stereocenters. The zero-order valence-corrected chi connectivity index (χ0v) is 18.7. The molecule has 7 rings (SSSR count). The summed E-state index contributed by atoms with van der Waals surface area (Å²) in [5, 5.41) is 10.4. The van der Waals surface area contributed by atoms with Gasteiger partial charge in [-0.2, -0.15) is 0 Å². The highest BCUT2D eigenvalue weighted by Crippen LogP contribution is 2.50. The van der Waals surface area contributed by atoms with Gasteiger partial charge in [-0.15, -0.1) is 0 Å². The number of phenols is 1. The first-order valence-corrected chi connectivity index (χ1v) is 11.2. The number of aromatic hydroxyl groups is 1. The predicted molar refractivity (Wildman–Crippen MR) is 135 cm³/mol. The number of nitrogens with zero attached hydrogens (tertiary/aromatic N) is 4. The van der Waals surface area contributed by atoms with E-state index in [0.29, 0.717) is 0 Å². The summed E-state index contributed by atoms with van der Waals surface area (Å²) in [5.74, 6) is 1.85. The van der Waals surface area contributed by atoms with E-state index in [1.165, 1.54) is 16.7 Å². The van der Waals surface area contributed by atoms with Gasteiger partial charge in [-0.3, -0.25) is 8.97 Å². The first-order valence-electron chi connectivity index (χ1n) is 11.2. The van der Waals surface area contributed by atoms with Crippen LogP contribution in [0.2, 0.25) is 0 Å². The van der Waals surface area contributed by atoms with Crippen molar-refractivity contribution in [2.24, 2.45) is 0 Å². The van der Waals surface area contributed by atoms with E-state index in [4.69, 9.17) is 9.97 Å². The molecule has 6 heteroatoms. The normalized spacial score (nSPS) is 14.2. The summed E-state index contributed by atoms with van der Waals surface area (Å²) in [6.45, 7) is 4.54. The quantitative estimate of drug-likeness (QED) is 0.402. The van der Waals surface area contributed by atoms with Crippen molar-refractivity contribution in [1.82, 2.24) is 18.9 Å². The average molecular weight is 428 g/mol. The van der Waals surface area contributed by atoms with E-state index in [1.807, 2.05) is 12.3 Å². The number of fused-ring (bicyclic) bond motifs is 8. The Morgan fingerprint density at radius 3 is 2.61 bits per heavy atom. The second-order valence-electron chi connectivity index (χ2n) is 9.43. The van der Waals surface area contributed by atoms with Crippen molar-refractivity contribution >= 4 is 41.2 Å². The molecule has 3 aromatic carbocycles. The molecule has 1 N–H and O–H groups in total. The number of benzene rings is 3. The number of rotatable bonds is 1. The summed E-state index contributed by atoms with van der Waals surface area (Å²) >= 11 is 0. The molecule has 0 spiro atoms. The molecule has 6 aromatic rings. The van der Waals surface area contributed by atoms with Crippen molar-refractivity contribution < 1.29 is 5.11 Å². The van der Waals surface area contributed by atoms with E-state index in [9.17, 15) is 5.11 Å². The molecule has 0 amide bonds.